The van der Waals surface area contributed by atoms with Gasteiger partial charge < -0.3 is 10.1 Å². The van der Waals surface area contributed by atoms with E-state index in [-0.39, 0.29) is 12.5 Å². The summed E-state index contributed by atoms with van der Waals surface area (Å²) in [6.45, 7) is 4.84. The van der Waals surface area contributed by atoms with Crippen LogP contribution in [0.5, 0.6) is 0 Å². The third-order valence-electron chi connectivity index (χ3n) is 4.72. The van der Waals surface area contributed by atoms with Gasteiger partial charge in [0.05, 0.1) is 16.8 Å². The molecule has 0 fully saturated rings. The van der Waals surface area contributed by atoms with Gasteiger partial charge in [0.2, 0.25) is 5.91 Å². The molecule has 0 aliphatic carbocycles. The molecule has 1 unspecified atom stereocenters. The number of anilines is 2. The molecule has 1 aliphatic heterocycles. The largest absolute Gasteiger partial charge is 0.443 e. The van der Waals surface area contributed by atoms with E-state index in [1.165, 1.54) is 0 Å². The van der Waals surface area contributed by atoms with Crippen molar-refractivity contribution in [3.8, 4) is 0 Å². The van der Waals surface area contributed by atoms with Crippen molar-refractivity contribution in [2.24, 2.45) is 0 Å². The van der Waals surface area contributed by atoms with Crippen LogP contribution in [0.3, 0.4) is 0 Å². The van der Waals surface area contributed by atoms with E-state index in [1.54, 1.807) is 45.0 Å². The minimum Gasteiger partial charge on any atom is -0.443 e. The standard InChI is InChI=1S/C22H20F6N2O3/c1-20(2,3)33-19(32)30-16-7-5-4-6-12(16)8-17(30)18(31)29-15-10-13(21(23,24)25)9-14(11-15)22(26,27)28/h4-7,9-11,17H,8H2,1-3H3,(H,29,31). The predicted octanol–water partition coefficient (Wildman–Crippen LogP) is 6.03. The van der Waals surface area contributed by atoms with Gasteiger partial charge in [-0.2, -0.15) is 26.3 Å². The highest BCUT2D eigenvalue weighted by molar-refractivity contribution is 6.05. The van der Waals surface area contributed by atoms with Crippen LogP contribution in [0.4, 0.5) is 42.5 Å². The van der Waals surface area contributed by atoms with Gasteiger partial charge in [-0.25, -0.2) is 4.79 Å². The lowest BCUT2D eigenvalue weighted by Gasteiger charge is -2.28. The summed E-state index contributed by atoms with van der Waals surface area (Å²) in [6, 6.07) is 6.08. The first-order chi connectivity index (χ1) is 15.1. The Hall–Kier alpha value is -3.24. The van der Waals surface area contributed by atoms with Gasteiger partial charge in [0.1, 0.15) is 11.6 Å². The summed E-state index contributed by atoms with van der Waals surface area (Å²) in [6.07, 6.45) is -11.0. The average Bonchev–Trinajstić information content (AvgIpc) is 3.05. The van der Waals surface area contributed by atoms with Crippen LogP contribution in [0.25, 0.3) is 0 Å². The summed E-state index contributed by atoms with van der Waals surface area (Å²) in [5.41, 5.74) is -3.76. The number of fused-ring (bicyclic) bond motifs is 1. The SMILES string of the molecule is CC(C)(C)OC(=O)N1c2ccccc2CC1C(=O)Nc1cc(C(F)(F)F)cc(C(F)(F)F)c1. The van der Waals surface area contributed by atoms with E-state index < -0.39 is 52.8 Å². The molecule has 2 aromatic carbocycles. The van der Waals surface area contributed by atoms with Crippen LogP contribution in [0, 0.1) is 0 Å². The molecule has 0 saturated heterocycles. The van der Waals surface area contributed by atoms with Gasteiger partial charge in [-0.1, -0.05) is 18.2 Å². The van der Waals surface area contributed by atoms with Crippen molar-refractivity contribution in [3.05, 3.63) is 59.2 Å². The number of carbonyl (C=O) groups is 2. The molecule has 0 radical (unpaired) electrons. The average molecular weight is 474 g/mol. The first-order valence-electron chi connectivity index (χ1n) is 9.77. The topological polar surface area (TPSA) is 58.6 Å². The van der Waals surface area contributed by atoms with Gasteiger partial charge >= 0.3 is 18.4 Å². The van der Waals surface area contributed by atoms with E-state index in [0.29, 0.717) is 23.4 Å². The highest BCUT2D eigenvalue weighted by atomic mass is 19.4. The Labute approximate surface area is 185 Å². The van der Waals surface area contributed by atoms with E-state index in [2.05, 4.69) is 5.32 Å². The molecule has 178 valence electrons. The van der Waals surface area contributed by atoms with E-state index in [1.807, 2.05) is 0 Å². The zero-order valence-corrected chi connectivity index (χ0v) is 17.8. The van der Waals surface area contributed by atoms with Crippen molar-refractivity contribution in [1.82, 2.24) is 0 Å². The molecule has 0 bridgehead atoms. The molecule has 33 heavy (non-hydrogen) atoms. The maximum Gasteiger partial charge on any atom is 0.416 e. The van der Waals surface area contributed by atoms with E-state index in [4.69, 9.17) is 4.74 Å². The van der Waals surface area contributed by atoms with Crippen molar-refractivity contribution in [2.45, 2.75) is 51.2 Å². The first kappa shape index (κ1) is 24.4. The van der Waals surface area contributed by atoms with Gasteiger partial charge in [-0.15, -0.1) is 0 Å². The van der Waals surface area contributed by atoms with Crippen LogP contribution in [0.2, 0.25) is 0 Å². The van der Waals surface area contributed by atoms with E-state index in [9.17, 15) is 35.9 Å². The molecule has 11 heteroatoms. The van der Waals surface area contributed by atoms with Crippen molar-refractivity contribution >= 4 is 23.4 Å². The Bertz CT molecular complexity index is 1040. The summed E-state index contributed by atoms with van der Waals surface area (Å²) in [5, 5.41) is 2.10. The number of rotatable bonds is 2. The van der Waals surface area contributed by atoms with E-state index in [0.717, 1.165) is 4.90 Å². The molecule has 2 aromatic rings. The van der Waals surface area contributed by atoms with Crippen molar-refractivity contribution in [2.75, 3.05) is 10.2 Å². The fourth-order valence-electron chi connectivity index (χ4n) is 3.39. The fraction of sp³-hybridized carbons (Fsp3) is 0.364. The molecular weight excluding hydrogens is 454 g/mol. The molecule has 0 saturated carbocycles. The summed E-state index contributed by atoms with van der Waals surface area (Å²) < 4.78 is 84.1. The first-order valence-corrected chi connectivity index (χ1v) is 9.77. The smallest absolute Gasteiger partial charge is 0.416 e. The summed E-state index contributed by atoms with van der Waals surface area (Å²) in [4.78, 5) is 26.8. The number of hydrogen-bond donors (Lipinski definition) is 1. The van der Waals surface area contributed by atoms with Crippen molar-refractivity contribution in [3.63, 3.8) is 0 Å². The minimum atomic E-state index is -5.06. The fourth-order valence-corrected chi connectivity index (χ4v) is 3.39. The molecule has 1 N–H and O–H groups in total. The number of benzene rings is 2. The summed E-state index contributed by atoms with van der Waals surface area (Å²) >= 11 is 0. The number of alkyl halides is 6. The zero-order valence-electron chi connectivity index (χ0n) is 17.8. The summed E-state index contributed by atoms with van der Waals surface area (Å²) in [5.74, 6) is -0.954. The van der Waals surface area contributed by atoms with Crippen LogP contribution in [0.15, 0.2) is 42.5 Å². The third kappa shape index (κ3) is 5.58. The van der Waals surface area contributed by atoms with Gasteiger partial charge in [0, 0.05) is 12.1 Å². The Morgan fingerprint density at radius 3 is 2.00 bits per heavy atom. The van der Waals surface area contributed by atoms with Crippen LogP contribution < -0.4 is 10.2 Å². The zero-order chi connectivity index (χ0) is 24.8. The maximum absolute atomic E-state index is 13.1. The second-order valence-electron chi connectivity index (χ2n) is 8.48. The van der Waals surface area contributed by atoms with Crippen LogP contribution in [-0.2, 0) is 28.3 Å². The maximum atomic E-state index is 13.1. The number of amides is 2. The number of ether oxygens (including phenoxy) is 1. The van der Waals surface area contributed by atoms with Gasteiger partial charge in [-0.3, -0.25) is 9.69 Å². The lowest BCUT2D eigenvalue weighted by Crippen LogP contribution is -2.47. The highest BCUT2D eigenvalue weighted by Crippen LogP contribution is 2.38. The molecule has 0 spiro atoms. The van der Waals surface area contributed by atoms with Crippen LogP contribution in [0.1, 0.15) is 37.5 Å². The van der Waals surface area contributed by atoms with Crippen LogP contribution >= 0.6 is 0 Å². The number of halogens is 6. The lowest BCUT2D eigenvalue weighted by molar-refractivity contribution is -0.143. The minimum absolute atomic E-state index is 0.00629. The Balaban J connectivity index is 1.95. The molecule has 1 aliphatic rings. The Morgan fingerprint density at radius 2 is 1.48 bits per heavy atom. The lowest BCUT2D eigenvalue weighted by atomic mass is 10.1. The second kappa shape index (κ2) is 8.27. The monoisotopic (exact) mass is 474 g/mol. The van der Waals surface area contributed by atoms with Crippen molar-refractivity contribution in [1.29, 1.82) is 0 Å². The second-order valence-corrected chi connectivity index (χ2v) is 8.48. The third-order valence-corrected chi connectivity index (χ3v) is 4.72. The quantitative estimate of drug-likeness (QED) is 0.541. The number of para-hydroxylation sites is 1. The normalized spacial score (nSPS) is 16.4. The molecule has 1 heterocycles. The molecule has 0 aromatic heterocycles. The predicted molar refractivity (Wildman–Crippen MR) is 108 cm³/mol. The Kier molecular flexibility index (Phi) is 6.12. The highest BCUT2D eigenvalue weighted by Gasteiger charge is 2.41. The molecule has 2 amide bonds. The molecule has 5 nitrogen and oxygen atoms in total. The van der Waals surface area contributed by atoms with Gasteiger partial charge in [0.15, 0.2) is 0 Å². The number of nitrogens with zero attached hydrogens (tertiary/aromatic N) is 1. The number of hydrogen-bond acceptors (Lipinski definition) is 3. The van der Waals surface area contributed by atoms with Gasteiger partial charge in [-0.05, 0) is 50.6 Å². The van der Waals surface area contributed by atoms with Gasteiger partial charge in [0.25, 0.3) is 0 Å². The van der Waals surface area contributed by atoms with E-state index >= 15 is 0 Å². The molecule has 1 atom stereocenters. The van der Waals surface area contributed by atoms with Crippen LogP contribution in [-0.4, -0.2) is 23.6 Å². The molecule has 3 rings (SSSR count). The number of nitrogens with one attached hydrogen (secondary N) is 1. The molecular formula is C22H20F6N2O3. The van der Waals surface area contributed by atoms with Crippen molar-refractivity contribution < 1.29 is 40.7 Å². The summed E-state index contributed by atoms with van der Waals surface area (Å²) in [7, 11) is 0. The Morgan fingerprint density at radius 1 is 0.939 bits per heavy atom. The number of carbonyl (C=O) groups excluding carboxylic acids is 2.